The van der Waals surface area contributed by atoms with Crippen LogP contribution in [0.15, 0.2) is 24.3 Å². The Balaban J connectivity index is 1.55. The van der Waals surface area contributed by atoms with E-state index in [1.54, 1.807) is 4.68 Å². The van der Waals surface area contributed by atoms with E-state index < -0.39 is 0 Å². The number of carbonyl (C=O) groups excluding carboxylic acids is 1. The van der Waals surface area contributed by atoms with E-state index in [0.29, 0.717) is 5.69 Å². The highest BCUT2D eigenvalue weighted by Crippen LogP contribution is 2.36. The van der Waals surface area contributed by atoms with Gasteiger partial charge in [0.25, 0.3) is 5.91 Å². The first-order valence-electron chi connectivity index (χ1n) is 8.61. The topological polar surface area (TPSA) is 59.8 Å². The third kappa shape index (κ3) is 2.95. The summed E-state index contributed by atoms with van der Waals surface area (Å²) < 4.78 is 12.5. The fraction of sp³-hybridized carbons (Fsp3) is 0.444. The molecule has 0 N–H and O–H groups in total. The van der Waals surface area contributed by atoms with E-state index in [-0.39, 0.29) is 12.7 Å². The van der Waals surface area contributed by atoms with Gasteiger partial charge in [-0.05, 0) is 30.8 Å². The Morgan fingerprint density at radius 1 is 1.12 bits per heavy atom. The maximum atomic E-state index is 12.8. The molecule has 25 heavy (non-hydrogen) atoms. The van der Waals surface area contributed by atoms with Crippen molar-refractivity contribution in [1.29, 1.82) is 0 Å². The van der Waals surface area contributed by atoms with Gasteiger partial charge in [-0.25, -0.2) is 0 Å². The molecule has 2 aromatic rings. The summed E-state index contributed by atoms with van der Waals surface area (Å²) in [6, 6.07) is 7.62. The molecule has 7 heteroatoms. The van der Waals surface area contributed by atoms with Gasteiger partial charge in [-0.3, -0.25) is 9.48 Å². The minimum atomic E-state index is -0.00153. The molecule has 0 aliphatic carbocycles. The van der Waals surface area contributed by atoms with Crippen LogP contribution >= 0.6 is 0 Å². The van der Waals surface area contributed by atoms with Gasteiger partial charge in [0.2, 0.25) is 6.79 Å². The molecule has 132 valence electrons. The third-order valence-electron chi connectivity index (χ3n) is 4.87. The van der Waals surface area contributed by atoms with Crippen LogP contribution in [0.4, 0.5) is 0 Å². The first kappa shape index (κ1) is 16.0. The highest BCUT2D eigenvalue weighted by Gasteiger charge is 2.24. The van der Waals surface area contributed by atoms with Crippen molar-refractivity contribution in [2.75, 3.05) is 39.5 Å². The van der Waals surface area contributed by atoms with Crippen molar-refractivity contribution in [3.63, 3.8) is 0 Å². The lowest BCUT2D eigenvalue weighted by atomic mass is 10.1. The number of carbonyl (C=O) groups is 1. The smallest absolute Gasteiger partial charge is 0.274 e. The quantitative estimate of drug-likeness (QED) is 0.848. The molecule has 4 rings (SSSR count). The Bertz CT molecular complexity index is 794. The molecule has 0 radical (unpaired) electrons. The van der Waals surface area contributed by atoms with Crippen molar-refractivity contribution in [2.24, 2.45) is 7.05 Å². The predicted octanol–water partition coefficient (Wildman–Crippen LogP) is 1.59. The van der Waals surface area contributed by atoms with E-state index in [4.69, 9.17) is 9.47 Å². The van der Waals surface area contributed by atoms with E-state index >= 15 is 0 Å². The number of benzene rings is 1. The van der Waals surface area contributed by atoms with Crippen LogP contribution in [-0.2, 0) is 7.05 Å². The van der Waals surface area contributed by atoms with Gasteiger partial charge in [0, 0.05) is 38.8 Å². The van der Waals surface area contributed by atoms with E-state index in [0.717, 1.165) is 55.5 Å². The summed E-state index contributed by atoms with van der Waals surface area (Å²) in [5.74, 6) is 1.47. The molecule has 1 fully saturated rings. The monoisotopic (exact) mass is 342 g/mol. The zero-order chi connectivity index (χ0) is 17.4. The van der Waals surface area contributed by atoms with Crippen LogP contribution < -0.4 is 9.47 Å². The van der Waals surface area contributed by atoms with Crippen LogP contribution in [-0.4, -0.2) is 65.0 Å². The van der Waals surface area contributed by atoms with Gasteiger partial charge in [-0.1, -0.05) is 6.92 Å². The SMILES string of the molecule is CCN1CCN(C(=O)c2cc(-c3ccc4c(c3)OCO4)n(C)n2)CC1. The Hall–Kier alpha value is -2.54. The van der Waals surface area contributed by atoms with Gasteiger partial charge in [-0.2, -0.15) is 5.10 Å². The van der Waals surface area contributed by atoms with E-state index in [2.05, 4.69) is 16.9 Å². The number of aryl methyl sites for hydroxylation is 1. The normalized spacial score (nSPS) is 17.1. The summed E-state index contributed by atoms with van der Waals surface area (Å²) in [5, 5.41) is 4.43. The summed E-state index contributed by atoms with van der Waals surface area (Å²) in [6.45, 7) is 6.77. The zero-order valence-electron chi connectivity index (χ0n) is 14.6. The molecule has 0 saturated carbocycles. The number of nitrogens with zero attached hydrogens (tertiary/aromatic N) is 4. The molecule has 2 aliphatic rings. The second kappa shape index (κ2) is 6.40. The van der Waals surface area contributed by atoms with Crippen LogP contribution in [0.25, 0.3) is 11.3 Å². The van der Waals surface area contributed by atoms with Gasteiger partial charge in [0.1, 0.15) is 0 Å². The van der Waals surface area contributed by atoms with Crippen LogP contribution in [0.1, 0.15) is 17.4 Å². The predicted molar refractivity (Wildman–Crippen MR) is 92.8 cm³/mol. The number of aromatic nitrogens is 2. The molecule has 2 aliphatic heterocycles. The van der Waals surface area contributed by atoms with Crippen LogP contribution in [0.3, 0.4) is 0 Å². The maximum absolute atomic E-state index is 12.8. The average Bonchev–Trinajstić information content (AvgIpc) is 3.26. The van der Waals surface area contributed by atoms with E-state index in [1.807, 2.05) is 36.2 Å². The van der Waals surface area contributed by atoms with Gasteiger partial charge < -0.3 is 19.3 Å². The first-order chi connectivity index (χ1) is 12.2. The first-order valence-corrected chi connectivity index (χ1v) is 8.61. The number of hydrogen-bond acceptors (Lipinski definition) is 5. The number of likely N-dealkylation sites (N-methyl/N-ethyl adjacent to an activating group) is 1. The molecular weight excluding hydrogens is 320 g/mol. The number of piperazine rings is 1. The molecule has 1 amide bonds. The molecule has 1 aromatic carbocycles. The molecule has 0 bridgehead atoms. The molecule has 1 aromatic heterocycles. The van der Waals surface area contributed by atoms with E-state index in [1.165, 1.54) is 0 Å². The number of rotatable bonds is 3. The van der Waals surface area contributed by atoms with Crippen molar-refractivity contribution in [2.45, 2.75) is 6.92 Å². The highest BCUT2D eigenvalue weighted by molar-refractivity contribution is 5.93. The zero-order valence-corrected chi connectivity index (χ0v) is 14.6. The summed E-state index contributed by atoms with van der Waals surface area (Å²) in [7, 11) is 1.85. The lowest BCUT2D eigenvalue weighted by molar-refractivity contribution is 0.0637. The largest absolute Gasteiger partial charge is 0.454 e. The van der Waals surface area contributed by atoms with Crippen LogP contribution in [0.5, 0.6) is 11.5 Å². The van der Waals surface area contributed by atoms with Crippen molar-refractivity contribution < 1.29 is 14.3 Å². The summed E-state index contributed by atoms with van der Waals surface area (Å²) in [5.41, 5.74) is 2.32. The Morgan fingerprint density at radius 2 is 1.88 bits per heavy atom. The van der Waals surface area contributed by atoms with Crippen molar-refractivity contribution in [3.8, 4) is 22.8 Å². The average molecular weight is 342 g/mol. The van der Waals surface area contributed by atoms with Gasteiger partial charge >= 0.3 is 0 Å². The Morgan fingerprint density at radius 3 is 2.64 bits per heavy atom. The molecule has 0 atom stereocenters. The van der Waals surface area contributed by atoms with Crippen LogP contribution in [0.2, 0.25) is 0 Å². The minimum absolute atomic E-state index is 0.00153. The fourth-order valence-electron chi connectivity index (χ4n) is 3.33. The molecule has 7 nitrogen and oxygen atoms in total. The summed E-state index contributed by atoms with van der Waals surface area (Å²) >= 11 is 0. The highest BCUT2D eigenvalue weighted by atomic mass is 16.7. The minimum Gasteiger partial charge on any atom is -0.454 e. The van der Waals surface area contributed by atoms with Gasteiger partial charge in [-0.15, -0.1) is 0 Å². The second-order valence-electron chi connectivity index (χ2n) is 6.33. The fourth-order valence-corrected chi connectivity index (χ4v) is 3.33. The van der Waals surface area contributed by atoms with Crippen molar-refractivity contribution >= 4 is 5.91 Å². The third-order valence-corrected chi connectivity index (χ3v) is 4.87. The summed E-state index contributed by atoms with van der Waals surface area (Å²) in [4.78, 5) is 17.0. The Labute approximate surface area is 146 Å². The maximum Gasteiger partial charge on any atom is 0.274 e. The lowest BCUT2D eigenvalue weighted by Crippen LogP contribution is -2.48. The van der Waals surface area contributed by atoms with Crippen LogP contribution in [0, 0.1) is 0 Å². The molecular formula is C18H22N4O3. The van der Waals surface area contributed by atoms with Gasteiger partial charge in [0.05, 0.1) is 5.69 Å². The second-order valence-corrected chi connectivity index (χ2v) is 6.33. The number of ether oxygens (including phenoxy) is 2. The molecule has 1 saturated heterocycles. The summed E-state index contributed by atoms with van der Waals surface area (Å²) in [6.07, 6.45) is 0. The lowest BCUT2D eigenvalue weighted by Gasteiger charge is -2.33. The van der Waals surface area contributed by atoms with E-state index in [9.17, 15) is 4.79 Å². The molecule has 3 heterocycles. The van der Waals surface area contributed by atoms with Crippen molar-refractivity contribution in [1.82, 2.24) is 19.6 Å². The number of hydrogen-bond donors (Lipinski definition) is 0. The number of amides is 1. The Kier molecular flexibility index (Phi) is 4.09. The van der Waals surface area contributed by atoms with Gasteiger partial charge in [0.15, 0.2) is 17.2 Å². The molecule has 0 unspecified atom stereocenters. The molecule has 0 spiro atoms. The van der Waals surface area contributed by atoms with Crippen molar-refractivity contribution in [3.05, 3.63) is 30.0 Å². The number of fused-ring (bicyclic) bond motifs is 1. The standard InChI is InChI=1S/C18H22N4O3/c1-3-21-6-8-22(9-7-21)18(23)14-11-15(20(2)19-14)13-4-5-16-17(10-13)25-12-24-16/h4-5,10-11H,3,6-9,12H2,1-2H3.